The van der Waals surface area contributed by atoms with E-state index in [-0.39, 0.29) is 11.5 Å². The maximum Gasteiger partial charge on any atom is 0.345 e. The maximum absolute atomic E-state index is 10.7. The third-order valence-corrected chi connectivity index (χ3v) is 3.13. The van der Waals surface area contributed by atoms with Gasteiger partial charge in [-0.1, -0.05) is 6.07 Å². The van der Waals surface area contributed by atoms with Gasteiger partial charge in [-0.15, -0.1) is 11.3 Å². The first-order valence-electron chi connectivity index (χ1n) is 4.61. The van der Waals surface area contributed by atoms with Crippen LogP contribution in [0, 0.1) is 0 Å². The second-order valence-electron chi connectivity index (χ2n) is 3.14. The summed E-state index contributed by atoms with van der Waals surface area (Å²) in [7, 11) is 0. The van der Waals surface area contributed by atoms with Crippen LogP contribution in [0.3, 0.4) is 0 Å². The number of hydrogen-bond acceptors (Lipinski definition) is 4. The Morgan fingerprint density at radius 3 is 2.75 bits per heavy atom. The molecule has 0 saturated heterocycles. The third-order valence-electron chi connectivity index (χ3n) is 2.04. The molecule has 0 atom stereocenters. The SMILES string of the molecule is O=C(O)c1ccc(-c2cccc(CO)n2)s1. The van der Waals surface area contributed by atoms with Crippen LogP contribution in [-0.4, -0.2) is 21.2 Å². The highest BCUT2D eigenvalue weighted by Gasteiger charge is 2.09. The summed E-state index contributed by atoms with van der Waals surface area (Å²) in [6.07, 6.45) is 0. The lowest BCUT2D eigenvalue weighted by atomic mass is 10.2. The Labute approximate surface area is 95.8 Å². The Balaban J connectivity index is 2.38. The topological polar surface area (TPSA) is 70.4 Å². The van der Waals surface area contributed by atoms with Crippen LogP contribution >= 0.6 is 11.3 Å². The summed E-state index contributed by atoms with van der Waals surface area (Å²) < 4.78 is 0. The number of carboxylic acids is 1. The van der Waals surface area contributed by atoms with Gasteiger partial charge in [-0.25, -0.2) is 9.78 Å². The van der Waals surface area contributed by atoms with Gasteiger partial charge in [0.25, 0.3) is 0 Å². The number of aliphatic hydroxyl groups is 1. The molecule has 0 aliphatic heterocycles. The van der Waals surface area contributed by atoms with Crippen LogP contribution in [0.4, 0.5) is 0 Å². The van der Waals surface area contributed by atoms with E-state index in [0.29, 0.717) is 11.4 Å². The number of pyridine rings is 1. The third kappa shape index (κ3) is 2.10. The molecule has 2 rings (SSSR count). The molecule has 82 valence electrons. The molecule has 5 heteroatoms. The summed E-state index contributed by atoms with van der Waals surface area (Å²) in [5, 5.41) is 17.7. The van der Waals surface area contributed by atoms with E-state index >= 15 is 0 Å². The molecular formula is C11H9NO3S. The van der Waals surface area contributed by atoms with Crippen molar-refractivity contribution in [2.75, 3.05) is 0 Å². The molecule has 0 aliphatic rings. The highest BCUT2D eigenvalue weighted by Crippen LogP contribution is 2.26. The van der Waals surface area contributed by atoms with Crippen molar-refractivity contribution in [2.45, 2.75) is 6.61 Å². The van der Waals surface area contributed by atoms with E-state index in [1.165, 1.54) is 11.3 Å². The average Bonchev–Trinajstić information content (AvgIpc) is 2.78. The summed E-state index contributed by atoms with van der Waals surface area (Å²) in [5.74, 6) is -0.936. The van der Waals surface area contributed by atoms with Gasteiger partial charge in [0.15, 0.2) is 0 Å². The zero-order valence-corrected chi connectivity index (χ0v) is 9.07. The smallest absolute Gasteiger partial charge is 0.345 e. The van der Waals surface area contributed by atoms with E-state index in [1.807, 2.05) is 0 Å². The number of rotatable bonds is 3. The summed E-state index contributed by atoms with van der Waals surface area (Å²) in [4.78, 5) is 16.0. The largest absolute Gasteiger partial charge is 0.477 e. The molecule has 0 aromatic carbocycles. The number of aromatic carboxylic acids is 1. The minimum Gasteiger partial charge on any atom is -0.477 e. The number of thiophene rings is 1. The van der Waals surface area contributed by atoms with Crippen molar-refractivity contribution in [3.63, 3.8) is 0 Å². The van der Waals surface area contributed by atoms with Gasteiger partial charge in [0, 0.05) is 0 Å². The van der Waals surface area contributed by atoms with E-state index < -0.39 is 5.97 Å². The fourth-order valence-corrected chi connectivity index (χ4v) is 2.11. The highest BCUT2D eigenvalue weighted by molar-refractivity contribution is 7.17. The average molecular weight is 235 g/mol. The highest BCUT2D eigenvalue weighted by atomic mass is 32.1. The molecule has 4 nitrogen and oxygen atoms in total. The predicted molar refractivity (Wildman–Crippen MR) is 60.4 cm³/mol. The van der Waals surface area contributed by atoms with Crippen LogP contribution in [0.5, 0.6) is 0 Å². The lowest BCUT2D eigenvalue weighted by Gasteiger charge is -1.99. The van der Waals surface area contributed by atoms with Gasteiger partial charge >= 0.3 is 5.97 Å². The van der Waals surface area contributed by atoms with Crippen molar-refractivity contribution in [3.8, 4) is 10.6 Å². The fraction of sp³-hybridized carbons (Fsp3) is 0.0909. The maximum atomic E-state index is 10.7. The molecule has 0 spiro atoms. The van der Waals surface area contributed by atoms with Crippen LogP contribution in [0.1, 0.15) is 15.4 Å². The molecule has 2 heterocycles. The number of hydrogen-bond donors (Lipinski definition) is 2. The van der Waals surface area contributed by atoms with Crippen molar-refractivity contribution < 1.29 is 15.0 Å². The minimum absolute atomic E-state index is 0.120. The first kappa shape index (κ1) is 10.8. The Kier molecular flexibility index (Phi) is 2.98. The van der Waals surface area contributed by atoms with Gasteiger partial charge in [-0.3, -0.25) is 0 Å². The van der Waals surface area contributed by atoms with Crippen molar-refractivity contribution in [1.82, 2.24) is 4.98 Å². The van der Waals surface area contributed by atoms with Crippen molar-refractivity contribution in [3.05, 3.63) is 40.9 Å². The first-order valence-corrected chi connectivity index (χ1v) is 5.42. The van der Waals surface area contributed by atoms with Gasteiger partial charge in [-0.2, -0.15) is 0 Å². The van der Waals surface area contributed by atoms with E-state index in [0.717, 1.165) is 4.88 Å². The van der Waals surface area contributed by atoms with Crippen LogP contribution in [0.2, 0.25) is 0 Å². The van der Waals surface area contributed by atoms with Crippen molar-refractivity contribution in [1.29, 1.82) is 0 Å². The van der Waals surface area contributed by atoms with E-state index in [4.69, 9.17) is 10.2 Å². The molecular weight excluding hydrogens is 226 g/mol. The number of aromatic nitrogens is 1. The van der Waals surface area contributed by atoms with Gasteiger partial charge < -0.3 is 10.2 Å². The first-order chi connectivity index (χ1) is 7.70. The molecule has 2 aromatic heterocycles. The molecule has 0 saturated carbocycles. The molecule has 0 aliphatic carbocycles. The molecule has 2 aromatic rings. The number of carboxylic acid groups (broad SMARTS) is 1. The van der Waals surface area contributed by atoms with E-state index in [9.17, 15) is 4.79 Å². The Hall–Kier alpha value is -1.72. The summed E-state index contributed by atoms with van der Waals surface area (Å²) in [6.45, 7) is -0.120. The van der Waals surface area contributed by atoms with Gasteiger partial charge in [0.05, 0.1) is 22.9 Å². The lowest BCUT2D eigenvalue weighted by molar-refractivity contribution is 0.0702. The quantitative estimate of drug-likeness (QED) is 0.853. The Morgan fingerprint density at radius 1 is 1.31 bits per heavy atom. The zero-order chi connectivity index (χ0) is 11.5. The van der Waals surface area contributed by atoms with Crippen LogP contribution in [-0.2, 0) is 6.61 Å². The zero-order valence-electron chi connectivity index (χ0n) is 8.25. The van der Waals surface area contributed by atoms with Crippen molar-refractivity contribution >= 4 is 17.3 Å². The number of aliphatic hydroxyl groups excluding tert-OH is 1. The number of carbonyl (C=O) groups is 1. The molecule has 0 bridgehead atoms. The van der Waals surface area contributed by atoms with E-state index in [1.54, 1.807) is 30.3 Å². The second-order valence-corrected chi connectivity index (χ2v) is 4.23. The van der Waals surface area contributed by atoms with Gasteiger partial charge in [0.2, 0.25) is 0 Å². The fourth-order valence-electron chi connectivity index (χ4n) is 1.30. The molecule has 0 amide bonds. The van der Waals surface area contributed by atoms with Crippen LogP contribution in [0.25, 0.3) is 10.6 Å². The minimum atomic E-state index is -0.936. The summed E-state index contributed by atoms with van der Waals surface area (Å²) >= 11 is 1.17. The predicted octanol–water partition coefficient (Wildman–Crippen LogP) is 2.00. The van der Waals surface area contributed by atoms with Crippen LogP contribution in [0.15, 0.2) is 30.3 Å². The monoisotopic (exact) mass is 235 g/mol. The second kappa shape index (κ2) is 4.42. The summed E-state index contributed by atoms with van der Waals surface area (Å²) in [5.41, 5.74) is 1.26. The summed E-state index contributed by atoms with van der Waals surface area (Å²) in [6, 6.07) is 8.56. The van der Waals surface area contributed by atoms with E-state index in [2.05, 4.69) is 4.98 Å². The van der Waals surface area contributed by atoms with Crippen LogP contribution < -0.4 is 0 Å². The van der Waals surface area contributed by atoms with Gasteiger partial charge in [0.1, 0.15) is 4.88 Å². The van der Waals surface area contributed by atoms with Gasteiger partial charge in [-0.05, 0) is 24.3 Å². The molecule has 2 N–H and O–H groups in total. The lowest BCUT2D eigenvalue weighted by Crippen LogP contribution is -1.90. The Bertz CT molecular complexity index is 521. The Morgan fingerprint density at radius 2 is 2.12 bits per heavy atom. The molecule has 0 fully saturated rings. The molecule has 0 unspecified atom stereocenters. The number of nitrogens with zero attached hydrogens (tertiary/aromatic N) is 1. The molecule has 0 radical (unpaired) electrons. The molecule has 16 heavy (non-hydrogen) atoms. The normalized spacial score (nSPS) is 10.3. The standard InChI is InChI=1S/C11H9NO3S/c13-6-7-2-1-3-8(12-7)9-4-5-10(16-9)11(14)15/h1-5,13H,6H2,(H,14,15). The van der Waals surface area contributed by atoms with Crippen molar-refractivity contribution in [2.24, 2.45) is 0 Å².